The molecule has 0 aliphatic heterocycles. The van der Waals surface area contributed by atoms with Crippen LogP contribution in [0.15, 0.2) is 77.6 Å². The van der Waals surface area contributed by atoms with E-state index in [1.165, 1.54) is 10.7 Å². The molecule has 150 valence electrons. The summed E-state index contributed by atoms with van der Waals surface area (Å²) >= 11 is 0. The van der Waals surface area contributed by atoms with Gasteiger partial charge >= 0.3 is 0 Å². The quantitative estimate of drug-likeness (QED) is 0.555. The molecule has 3 aromatic carbocycles. The predicted octanol–water partition coefficient (Wildman–Crippen LogP) is 4.15. The molecular weight excluding hydrogens is 388 g/mol. The summed E-state index contributed by atoms with van der Waals surface area (Å²) in [5.74, 6) is -2.03. The van der Waals surface area contributed by atoms with Crippen LogP contribution in [0.25, 0.3) is 16.5 Å². The Balaban J connectivity index is 1.79. The molecule has 0 spiro atoms. The lowest BCUT2D eigenvalue weighted by Crippen LogP contribution is -2.31. The van der Waals surface area contributed by atoms with E-state index in [1.807, 2.05) is 6.07 Å². The summed E-state index contributed by atoms with van der Waals surface area (Å²) in [5, 5.41) is 7.70. The highest BCUT2D eigenvalue weighted by molar-refractivity contribution is 6.05. The Hall–Kier alpha value is -3.87. The van der Waals surface area contributed by atoms with Crippen LogP contribution in [0.1, 0.15) is 29.0 Å². The molecule has 0 unspecified atom stereocenters. The van der Waals surface area contributed by atoms with E-state index >= 15 is 0 Å². The molecule has 7 heteroatoms. The first-order valence-electron chi connectivity index (χ1n) is 9.29. The van der Waals surface area contributed by atoms with Crippen molar-refractivity contribution >= 4 is 16.7 Å². The average molecular weight is 405 g/mol. The predicted molar refractivity (Wildman–Crippen MR) is 110 cm³/mol. The third-order valence-electron chi connectivity index (χ3n) is 4.80. The van der Waals surface area contributed by atoms with Crippen LogP contribution in [0.4, 0.5) is 8.78 Å². The molecule has 1 amide bonds. The lowest BCUT2D eigenvalue weighted by atomic mass is 10.1. The largest absolute Gasteiger partial charge is 0.344 e. The maximum atomic E-state index is 14.1. The number of nitrogens with one attached hydrogen (secondary N) is 1. The monoisotopic (exact) mass is 405 g/mol. The highest BCUT2D eigenvalue weighted by Gasteiger charge is 2.20. The van der Waals surface area contributed by atoms with Crippen molar-refractivity contribution in [3.63, 3.8) is 0 Å². The van der Waals surface area contributed by atoms with Crippen molar-refractivity contribution in [1.82, 2.24) is 15.1 Å². The number of carbonyl (C=O) groups is 1. The van der Waals surface area contributed by atoms with Crippen molar-refractivity contribution in [2.24, 2.45) is 0 Å². The standard InChI is InChI=1S/C23H17F2N3O2/c1-14(17-12-11-15(24)13-20(17)25)26-22(29)21-18-9-5-6-10-19(18)23(30)28(27-21)16-7-3-2-4-8-16/h2-14H,1H3,(H,26,29)/t14-/m0/s1. The molecule has 4 rings (SSSR count). The fraction of sp³-hybridized carbons (Fsp3) is 0.0870. The first-order chi connectivity index (χ1) is 14.5. The van der Waals surface area contributed by atoms with Gasteiger partial charge in [-0.3, -0.25) is 9.59 Å². The highest BCUT2D eigenvalue weighted by atomic mass is 19.1. The molecule has 0 saturated carbocycles. The van der Waals surface area contributed by atoms with Crippen LogP contribution in [-0.2, 0) is 0 Å². The van der Waals surface area contributed by atoms with E-state index in [2.05, 4.69) is 10.4 Å². The fourth-order valence-electron chi connectivity index (χ4n) is 3.30. The number of carbonyl (C=O) groups excluding carboxylic acids is 1. The third-order valence-corrected chi connectivity index (χ3v) is 4.80. The summed E-state index contributed by atoms with van der Waals surface area (Å²) in [6.07, 6.45) is 0. The number of rotatable bonds is 4. The number of amides is 1. The van der Waals surface area contributed by atoms with Crippen LogP contribution in [-0.4, -0.2) is 15.7 Å². The Morgan fingerprint density at radius 1 is 0.967 bits per heavy atom. The summed E-state index contributed by atoms with van der Waals surface area (Å²) in [6.45, 7) is 1.59. The molecule has 4 aromatic rings. The zero-order chi connectivity index (χ0) is 21.3. The Bertz CT molecular complexity index is 1300. The zero-order valence-corrected chi connectivity index (χ0v) is 16.0. The van der Waals surface area contributed by atoms with Crippen LogP contribution in [0, 0.1) is 11.6 Å². The normalized spacial score (nSPS) is 12.0. The maximum Gasteiger partial charge on any atom is 0.279 e. The smallest absolute Gasteiger partial charge is 0.279 e. The van der Waals surface area contributed by atoms with E-state index < -0.39 is 23.6 Å². The van der Waals surface area contributed by atoms with Gasteiger partial charge in [-0.1, -0.05) is 42.5 Å². The molecule has 0 fully saturated rings. The molecule has 30 heavy (non-hydrogen) atoms. The van der Waals surface area contributed by atoms with Crippen molar-refractivity contribution < 1.29 is 13.6 Å². The summed E-state index contributed by atoms with van der Waals surface area (Å²) in [7, 11) is 0. The van der Waals surface area contributed by atoms with E-state index in [9.17, 15) is 18.4 Å². The van der Waals surface area contributed by atoms with Gasteiger partial charge in [0.2, 0.25) is 0 Å². The van der Waals surface area contributed by atoms with Crippen LogP contribution in [0.3, 0.4) is 0 Å². The number of para-hydroxylation sites is 1. The average Bonchev–Trinajstić information content (AvgIpc) is 2.74. The Kier molecular flexibility index (Phi) is 5.10. The maximum absolute atomic E-state index is 14.1. The van der Waals surface area contributed by atoms with Crippen molar-refractivity contribution in [3.05, 3.63) is 106 Å². The van der Waals surface area contributed by atoms with E-state index in [0.717, 1.165) is 12.1 Å². The lowest BCUT2D eigenvalue weighted by Gasteiger charge is -2.16. The van der Waals surface area contributed by atoms with Crippen LogP contribution < -0.4 is 10.9 Å². The number of fused-ring (bicyclic) bond motifs is 1. The van der Waals surface area contributed by atoms with Gasteiger partial charge in [-0.15, -0.1) is 0 Å². The van der Waals surface area contributed by atoms with Crippen molar-refractivity contribution in [3.8, 4) is 5.69 Å². The number of benzene rings is 3. The molecule has 1 atom stereocenters. The summed E-state index contributed by atoms with van der Waals surface area (Å²) in [6, 6.07) is 17.9. The van der Waals surface area contributed by atoms with Crippen molar-refractivity contribution in [2.75, 3.05) is 0 Å². The second kappa shape index (κ2) is 7.87. The van der Waals surface area contributed by atoms with E-state index in [4.69, 9.17) is 0 Å². The number of hydrogen-bond donors (Lipinski definition) is 1. The first kappa shape index (κ1) is 19.4. The highest BCUT2D eigenvalue weighted by Crippen LogP contribution is 2.20. The van der Waals surface area contributed by atoms with Gasteiger partial charge in [0.05, 0.1) is 17.1 Å². The third kappa shape index (κ3) is 3.57. The van der Waals surface area contributed by atoms with Gasteiger partial charge in [-0.05, 0) is 31.2 Å². The van der Waals surface area contributed by atoms with Gasteiger partial charge in [-0.2, -0.15) is 9.78 Å². The van der Waals surface area contributed by atoms with Crippen molar-refractivity contribution in [2.45, 2.75) is 13.0 Å². The van der Waals surface area contributed by atoms with Gasteiger partial charge in [0, 0.05) is 17.0 Å². The van der Waals surface area contributed by atoms with Crippen LogP contribution in [0.2, 0.25) is 0 Å². The van der Waals surface area contributed by atoms with E-state index in [0.29, 0.717) is 16.5 Å². The minimum Gasteiger partial charge on any atom is -0.344 e. The molecule has 5 nitrogen and oxygen atoms in total. The minimum atomic E-state index is -0.755. The lowest BCUT2D eigenvalue weighted by molar-refractivity contribution is 0.0934. The Morgan fingerprint density at radius 3 is 2.33 bits per heavy atom. The first-order valence-corrected chi connectivity index (χ1v) is 9.29. The van der Waals surface area contributed by atoms with E-state index in [1.54, 1.807) is 55.5 Å². The fourth-order valence-corrected chi connectivity index (χ4v) is 3.30. The molecule has 1 aromatic heterocycles. The van der Waals surface area contributed by atoms with E-state index in [-0.39, 0.29) is 16.8 Å². The molecule has 0 saturated heterocycles. The second-order valence-corrected chi connectivity index (χ2v) is 6.81. The van der Waals surface area contributed by atoms with Crippen molar-refractivity contribution in [1.29, 1.82) is 0 Å². The van der Waals surface area contributed by atoms with Gasteiger partial charge < -0.3 is 5.32 Å². The number of aromatic nitrogens is 2. The topological polar surface area (TPSA) is 64.0 Å². The molecule has 0 radical (unpaired) electrons. The number of nitrogens with zero attached hydrogens (tertiary/aromatic N) is 2. The minimum absolute atomic E-state index is 0.0309. The van der Waals surface area contributed by atoms with Gasteiger partial charge in [0.25, 0.3) is 11.5 Å². The summed E-state index contributed by atoms with van der Waals surface area (Å²) in [4.78, 5) is 25.9. The Morgan fingerprint density at radius 2 is 1.63 bits per heavy atom. The molecule has 0 bridgehead atoms. The summed E-state index contributed by atoms with van der Waals surface area (Å²) < 4.78 is 28.4. The number of halogens is 2. The SMILES string of the molecule is C[C@H](NC(=O)c1nn(-c2ccccc2)c(=O)c2ccccc12)c1ccc(F)cc1F. The van der Waals surface area contributed by atoms with Gasteiger partial charge in [-0.25, -0.2) is 8.78 Å². The van der Waals surface area contributed by atoms with Gasteiger partial charge in [0.1, 0.15) is 11.6 Å². The van der Waals surface area contributed by atoms with Crippen LogP contribution >= 0.6 is 0 Å². The molecule has 1 N–H and O–H groups in total. The molecule has 0 aliphatic carbocycles. The van der Waals surface area contributed by atoms with Gasteiger partial charge in [0.15, 0.2) is 5.69 Å². The number of hydrogen-bond acceptors (Lipinski definition) is 3. The molecular formula is C23H17F2N3O2. The zero-order valence-electron chi connectivity index (χ0n) is 16.0. The summed E-state index contributed by atoms with van der Waals surface area (Å²) in [5.41, 5.74) is 0.333. The molecule has 1 heterocycles. The molecule has 0 aliphatic rings. The Labute approximate surface area is 170 Å². The van der Waals surface area contributed by atoms with Crippen LogP contribution in [0.5, 0.6) is 0 Å². The second-order valence-electron chi connectivity index (χ2n) is 6.81.